The number of sulfone groups is 1. The summed E-state index contributed by atoms with van der Waals surface area (Å²) in [6.45, 7) is 0.761. The monoisotopic (exact) mass is 302 g/mol. The molecular weight excluding hydrogens is 272 g/mol. The summed E-state index contributed by atoms with van der Waals surface area (Å²) in [6, 6.07) is 0.970. The summed E-state index contributed by atoms with van der Waals surface area (Å²) in [5.41, 5.74) is 5.93. The highest BCUT2D eigenvalue weighted by molar-refractivity contribution is 7.91. The van der Waals surface area contributed by atoms with Gasteiger partial charge in [-0.05, 0) is 51.6 Å². The Labute approximate surface area is 124 Å². The van der Waals surface area contributed by atoms with Crippen LogP contribution in [0.3, 0.4) is 0 Å². The molecule has 4 atom stereocenters. The maximum Gasteiger partial charge on any atom is 0.150 e. The van der Waals surface area contributed by atoms with E-state index in [9.17, 15) is 8.42 Å². The topological polar surface area (TPSA) is 63.4 Å². The van der Waals surface area contributed by atoms with E-state index in [0.29, 0.717) is 18.0 Å². The van der Waals surface area contributed by atoms with Crippen molar-refractivity contribution in [3.63, 3.8) is 0 Å². The first-order valence-electron chi connectivity index (χ1n) is 8.04. The molecule has 0 radical (unpaired) electrons. The van der Waals surface area contributed by atoms with E-state index in [-0.39, 0.29) is 5.25 Å². The molecule has 20 heavy (non-hydrogen) atoms. The SMILES string of the molecule is CN(C1CCCC(S(C)(=O)=O)C1)C1CCCCC1CN. The maximum absolute atomic E-state index is 11.8. The van der Waals surface area contributed by atoms with Gasteiger partial charge in [0.25, 0.3) is 0 Å². The Kier molecular flexibility index (Phi) is 5.49. The average molecular weight is 302 g/mol. The molecule has 0 aliphatic heterocycles. The third-order valence-electron chi connectivity index (χ3n) is 5.47. The number of rotatable bonds is 4. The molecule has 0 aromatic heterocycles. The molecule has 4 unspecified atom stereocenters. The number of hydrogen-bond acceptors (Lipinski definition) is 4. The highest BCUT2D eigenvalue weighted by atomic mass is 32.2. The van der Waals surface area contributed by atoms with E-state index in [1.165, 1.54) is 31.9 Å². The molecule has 4 nitrogen and oxygen atoms in total. The van der Waals surface area contributed by atoms with Crippen LogP contribution < -0.4 is 5.73 Å². The Morgan fingerprint density at radius 3 is 2.45 bits per heavy atom. The van der Waals surface area contributed by atoms with Gasteiger partial charge in [-0.3, -0.25) is 0 Å². The number of nitrogens with zero attached hydrogens (tertiary/aromatic N) is 1. The molecule has 2 N–H and O–H groups in total. The van der Waals surface area contributed by atoms with E-state index in [1.807, 2.05) is 0 Å². The van der Waals surface area contributed by atoms with Crippen LogP contribution in [0.25, 0.3) is 0 Å². The summed E-state index contributed by atoms with van der Waals surface area (Å²) in [5, 5.41) is -0.136. The highest BCUT2D eigenvalue weighted by Gasteiger charge is 2.35. The quantitative estimate of drug-likeness (QED) is 0.860. The third-order valence-corrected chi connectivity index (χ3v) is 7.11. The van der Waals surface area contributed by atoms with Crippen molar-refractivity contribution < 1.29 is 8.42 Å². The Hall–Kier alpha value is -0.130. The molecule has 0 bridgehead atoms. The van der Waals surface area contributed by atoms with Gasteiger partial charge in [0.2, 0.25) is 0 Å². The van der Waals surface area contributed by atoms with Crippen LogP contribution >= 0.6 is 0 Å². The highest BCUT2D eigenvalue weighted by Crippen LogP contribution is 2.33. The summed E-state index contributed by atoms with van der Waals surface area (Å²) in [5.74, 6) is 0.590. The van der Waals surface area contributed by atoms with E-state index < -0.39 is 9.84 Å². The van der Waals surface area contributed by atoms with Gasteiger partial charge in [0.15, 0.2) is 0 Å². The molecule has 0 spiro atoms. The summed E-state index contributed by atoms with van der Waals surface area (Å²) in [7, 11) is -0.705. The molecule has 118 valence electrons. The fourth-order valence-corrected chi connectivity index (χ4v) is 5.32. The summed E-state index contributed by atoms with van der Waals surface area (Å²) < 4.78 is 23.6. The second-order valence-corrected chi connectivity index (χ2v) is 9.11. The van der Waals surface area contributed by atoms with E-state index in [4.69, 9.17) is 5.73 Å². The predicted octanol–water partition coefficient (Wildman–Crippen LogP) is 1.79. The predicted molar refractivity (Wildman–Crippen MR) is 83.5 cm³/mol. The lowest BCUT2D eigenvalue weighted by atomic mass is 9.82. The molecule has 2 saturated carbocycles. The van der Waals surface area contributed by atoms with Crippen LogP contribution in [0.15, 0.2) is 0 Å². The lowest BCUT2D eigenvalue weighted by Gasteiger charge is -2.44. The van der Waals surface area contributed by atoms with Crippen LogP contribution in [-0.4, -0.2) is 50.5 Å². The Balaban J connectivity index is 2.02. The molecule has 2 rings (SSSR count). The first-order valence-corrected chi connectivity index (χ1v) is 9.99. The first-order chi connectivity index (χ1) is 9.43. The Morgan fingerprint density at radius 2 is 1.80 bits per heavy atom. The van der Waals surface area contributed by atoms with Gasteiger partial charge in [-0.15, -0.1) is 0 Å². The molecular formula is C15H30N2O2S. The maximum atomic E-state index is 11.8. The second-order valence-electron chi connectivity index (χ2n) is 6.79. The van der Waals surface area contributed by atoms with Crippen molar-refractivity contribution in [2.24, 2.45) is 11.7 Å². The van der Waals surface area contributed by atoms with Crippen molar-refractivity contribution in [1.29, 1.82) is 0 Å². The van der Waals surface area contributed by atoms with E-state index in [2.05, 4.69) is 11.9 Å². The minimum absolute atomic E-state index is 0.136. The van der Waals surface area contributed by atoms with Gasteiger partial charge in [-0.25, -0.2) is 8.42 Å². The molecule has 5 heteroatoms. The van der Waals surface area contributed by atoms with Gasteiger partial charge in [-0.2, -0.15) is 0 Å². The third kappa shape index (κ3) is 3.74. The minimum atomic E-state index is -2.89. The van der Waals surface area contributed by atoms with E-state index >= 15 is 0 Å². The summed E-state index contributed by atoms with van der Waals surface area (Å²) in [4.78, 5) is 2.47. The lowest BCUT2D eigenvalue weighted by Crippen LogP contribution is -2.50. The second kappa shape index (κ2) is 6.75. The van der Waals surface area contributed by atoms with Crippen molar-refractivity contribution >= 4 is 9.84 Å². The van der Waals surface area contributed by atoms with Crippen molar-refractivity contribution in [2.75, 3.05) is 19.8 Å². The van der Waals surface area contributed by atoms with Crippen molar-refractivity contribution in [3.8, 4) is 0 Å². The molecule has 0 aromatic rings. The molecule has 0 aromatic carbocycles. The smallest absolute Gasteiger partial charge is 0.150 e. The largest absolute Gasteiger partial charge is 0.330 e. The fraction of sp³-hybridized carbons (Fsp3) is 1.00. The zero-order valence-corrected chi connectivity index (χ0v) is 13.7. The zero-order chi connectivity index (χ0) is 14.8. The molecule has 2 fully saturated rings. The molecule has 2 aliphatic rings. The lowest BCUT2D eigenvalue weighted by molar-refractivity contribution is 0.0744. The number of hydrogen-bond donors (Lipinski definition) is 1. The van der Waals surface area contributed by atoms with Crippen LogP contribution in [-0.2, 0) is 9.84 Å². The van der Waals surface area contributed by atoms with Crippen molar-refractivity contribution in [2.45, 2.75) is 68.7 Å². The Morgan fingerprint density at radius 1 is 1.10 bits per heavy atom. The van der Waals surface area contributed by atoms with Gasteiger partial charge in [0, 0.05) is 18.3 Å². The first kappa shape index (κ1) is 16.2. The van der Waals surface area contributed by atoms with Gasteiger partial charge in [0.1, 0.15) is 9.84 Å². The van der Waals surface area contributed by atoms with Crippen LogP contribution in [0.1, 0.15) is 51.4 Å². The standard InChI is InChI=1S/C15H30N2O2S/c1-17(15-9-4-3-6-12(15)11-16)13-7-5-8-14(10-13)20(2,18)19/h12-15H,3-11,16H2,1-2H3. The normalized spacial score (nSPS) is 36.2. The van der Waals surface area contributed by atoms with Gasteiger partial charge < -0.3 is 10.6 Å². The van der Waals surface area contributed by atoms with Crippen LogP contribution in [0.4, 0.5) is 0 Å². The van der Waals surface area contributed by atoms with E-state index in [1.54, 1.807) is 0 Å². The van der Waals surface area contributed by atoms with Crippen LogP contribution in [0, 0.1) is 5.92 Å². The van der Waals surface area contributed by atoms with Gasteiger partial charge in [0.05, 0.1) is 5.25 Å². The van der Waals surface area contributed by atoms with Gasteiger partial charge in [-0.1, -0.05) is 19.3 Å². The minimum Gasteiger partial charge on any atom is -0.330 e. The summed E-state index contributed by atoms with van der Waals surface area (Å²) in [6.07, 6.45) is 10.2. The van der Waals surface area contributed by atoms with Crippen molar-refractivity contribution in [1.82, 2.24) is 4.90 Å². The molecule has 2 aliphatic carbocycles. The van der Waals surface area contributed by atoms with Crippen LogP contribution in [0.2, 0.25) is 0 Å². The van der Waals surface area contributed by atoms with Gasteiger partial charge >= 0.3 is 0 Å². The summed E-state index contributed by atoms with van der Waals surface area (Å²) >= 11 is 0. The molecule has 0 saturated heterocycles. The zero-order valence-electron chi connectivity index (χ0n) is 12.9. The average Bonchev–Trinajstić information content (AvgIpc) is 2.45. The molecule has 0 amide bonds. The van der Waals surface area contributed by atoms with E-state index in [0.717, 1.165) is 32.2 Å². The fourth-order valence-electron chi connectivity index (χ4n) is 4.15. The Bertz CT molecular complexity index is 410. The number of nitrogens with two attached hydrogens (primary N) is 1. The molecule has 0 heterocycles. The van der Waals surface area contributed by atoms with Crippen molar-refractivity contribution in [3.05, 3.63) is 0 Å². The van der Waals surface area contributed by atoms with Crippen LogP contribution in [0.5, 0.6) is 0 Å².